The standard InChI is InChI=1S/C14H18FN3/c1-3-16-13(14-17-7-8-18(14)2)10-11-5-4-6-12(15)9-11/h4-9,13,16H,3,10H2,1-2H3. The van der Waals surface area contributed by atoms with Gasteiger partial charge in [-0.1, -0.05) is 19.1 Å². The van der Waals surface area contributed by atoms with Gasteiger partial charge in [-0.25, -0.2) is 9.37 Å². The third kappa shape index (κ3) is 2.96. The zero-order chi connectivity index (χ0) is 13.0. The van der Waals surface area contributed by atoms with E-state index in [0.29, 0.717) is 0 Å². The van der Waals surface area contributed by atoms with Crippen LogP contribution in [-0.2, 0) is 13.5 Å². The molecule has 18 heavy (non-hydrogen) atoms. The van der Waals surface area contributed by atoms with Gasteiger partial charge < -0.3 is 9.88 Å². The lowest BCUT2D eigenvalue weighted by Gasteiger charge is -2.17. The Morgan fingerprint density at radius 3 is 2.89 bits per heavy atom. The number of rotatable bonds is 5. The minimum absolute atomic E-state index is 0.108. The average Bonchev–Trinajstić information content (AvgIpc) is 2.75. The lowest BCUT2D eigenvalue weighted by Crippen LogP contribution is -2.25. The van der Waals surface area contributed by atoms with Crippen molar-refractivity contribution in [1.82, 2.24) is 14.9 Å². The van der Waals surface area contributed by atoms with E-state index in [-0.39, 0.29) is 11.9 Å². The number of imidazole rings is 1. The molecule has 1 N–H and O–H groups in total. The van der Waals surface area contributed by atoms with Crippen molar-refractivity contribution >= 4 is 0 Å². The van der Waals surface area contributed by atoms with Gasteiger partial charge in [0.05, 0.1) is 6.04 Å². The Hall–Kier alpha value is -1.68. The molecular formula is C14H18FN3. The van der Waals surface area contributed by atoms with E-state index in [0.717, 1.165) is 24.4 Å². The van der Waals surface area contributed by atoms with Crippen LogP contribution in [0.15, 0.2) is 36.7 Å². The average molecular weight is 247 g/mol. The van der Waals surface area contributed by atoms with Crippen LogP contribution in [0.5, 0.6) is 0 Å². The first-order valence-electron chi connectivity index (χ1n) is 6.15. The third-order valence-electron chi connectivity index (χ3n) is 2.95. The van der Waals surface area contributed by atoms with E-state index >= 15 is 0 Å². The summed E-state index contributed by atoms with van der Waals surface area (Å²) in [6.45, 7) is 2.91. The van der Waals surface area contributed by atoms with Gasteiger partial charge in [-0.05, 0) is 30.7 Å². The van der Waals surface area contributed by atoms with E-state index in [4.69, 9.17) is 0 Å². The second kappa shape index (κ2) is 5.78. The smallest absolute Gasteiger partial charge is 0.125 e. The molecule has 0 saturated heterocycles. The summed E-state index contributed by atoms with van der Waals surface area (Å²) in [5.41, 5.74) is 0.976. The Morgan fingerprint density at radius 2 is 2.28 bits per heavy atom. The first-order valence-corrected chi connectivity index (χ1v) is 6.15. The number of hydrogen-bond acceptors (Lipinski definition) is 2. The predicted octanol–water partition coefficient (Wildman–Crippen LogP) is 2.45. The summed E-state index contributed by atoms with van der Waals surface area (Å²) >= 11 is 0. The molecular weight excluding hydrogens is 229 g/mol. The highest BCUT2D eigenvalue weighted by Crippen LogP contribution is 2.17. The summed E-state index contributed by atoms with van der Waals surface area (Å²) in [7, 11) is 1.97. The molecule has 0 fully saturated rings. The van der Waals surface area contributed by atoms with Crippen LogP contribution in [0, 0.1) is 5.82 Å². The number of hydrogen-bond donors (Lipinski definition) is 1. The van der Waals surface area contributed by atoms with Crippen LogP contribution >= 0.6 is 0 Å². The van der Waals surface area contributed by atoms with E-state index in [2.05, 4.69) is 17.2 Å². The molecule has 0 saturated carbocycles. The second-order valence-electron chi connectivity index (χ2n) is 4.34. The van der Waals surface area contributed by atoms with Crippen molar-refractivity contribution in [3.8, 4) is 0 Å². The van der Waals surface area contributed by atoms with Gasteiger partial charge >= 0.3 is 0 Å². The molecule has 96 valence electrons. The summed E-state index contributed by atoms with van der Waals surface area (Å²) in [5.74, 6) is 0.781. The molecule has 1 aromatic carbocycles. The highest BCUT2D eigenvalue weighted by Gasteiger charge is 2.15. The van der Waals surface area contributed by atoms with Crippen LogP contribution < -0.4 is 5.32 Å². The van der Waals surface area contributed by atoms with E-state index in [1.54, 1.807) is 18.3 Å². The first kappa shape index (κ1) is 12.8. The minimum atomic E-state index is -0.192. The summed E-state index contributed by atoms with van der Waals surface area (Å²) < 4.78 is 15.2. The molecule has 1 aromatic heterocycles. The summed E-state index contributed by atoms with van der Waals surface area (Å²) in [5, 5.41) is 3.39. The fourth-order valence-corrected chi connectivity index (χ4v) is 2.11. The largest absolute Gasteiger partial charge is 0.337 e. The van der Waals surface area contributed by atoms with Crippen LogP contribution in [-0.4, -0.2) is 16.1 Å². The molecule has 1 heterocycles. The van der Waals surface area contributed by atoms with E-state index in [1.807, 2.05) is 23.9 Å². The number of benzene rings is 1. The van der Waals surface area contributed by atoms with Crippen LogP contribution in [0.1, 0.15) is 24.4 Å². The lowest BCUT2D eigenvalue weighted by atomic mass is 10.1. The second-order valence-corrected chi connectivity index (χ2v) is 4.34. The maximum atomic E-state index is 13.2. The normalized spacial score (nSPS) is 12.6. The Bertz CT molecular complexity index is 507. The zero-order valence-corrected chi connectivity index (χ0v) is 10.7. The van der Waals surface area contributed by atoms with Crippen molar-refractivity contribution in [2.45, 2.75) is 19.4 Å². The van der Waals surface area contributed by atoms with Crippen molar-refractivity contribution in [1.29, 1.82) is 0 Å². The van der Waals surface area contributed by atoms with Crippen LogP contribution in [0.25, 0.3) is 0 Å². The fourth-order valence-electron chi connectivity index (χ4n) is 2.11. The van der Waals surface area contributed by atoms with Gasteiger partial charge in [0.2, 0.25) is 0 Å². The zero-order valence-electron chi connectivity index (χ0n) is 10.7. The third-order valence-corrected chi connectivity index (χ3v) is 2.95. The molecule has 3 nitrogen and oxygen atoms in total. The number of aryl methyl sites for hydroxylation is 1. The first-order chi connectivity index (χ1) is 8.70. The van der Waals surface area contributed by atoms with Crippen LogP contribution in [0.3, 0.4) is 0 Å². The topological polar surface area (TPSA) is 29.9 Å². The summed E-state index contributed by atoms with van der Waals surface area (Å²) in [6.07, 6.45) is 4.44. The molecule has 2 rings (SSSR count). The SMILES string of the molecule is CCNC(Cc1cccc(F)c1)c1nccn1C. The molecule has 0 radical (unpaired) electrons. The van der Waals surface area contributed by atoms with Gasteiger partial charge in [0.15, 0.2) is 0 Å². The van der Waals surface area contributed by atoms with Gasteiger partial charge in [0.1, 0.15) is 11.6 Å². The van der Waals surface area contributed by atoms with Crippen molar-refractivity contribution in [2.24, 2.45) is 7.05 Å². The van der Waals surface area contributed by atoms with Gasteiger partial charge in [0, 0.05) is 19.4 Å². The van der Waals surface area contributed by atoms with Crippen molar-refractivity contribution in [3.05, 3.63) is 53.9 Å². The fraction of sp³-hybridized carbons (Fsp3) is 0.357. The van der Waals surface area contributed by atoms with Gasteiger partial charge in [-0.2, -0.15) is 0 Å². The van der Waals surface area contributed by atoms with Crippen molar-refractivity contribution in [2.75, 3.05) is 6.54 Å². The molecule has 0 aliphatic heterocycles. The van der Waals surface area contributed by atoms with Gasteiger partial charge in [0.25, 0.3) is 0 Å². The monoisotopic (exact) mass is 247 g/mol. The Morgan fingerprint density at radius 1 is 1.44 bits per heavy atom. The van der Waals surface area contributed by atoms with Crippen molar-refractivity contribution < 1.29 is 4.39 Å². The van der Waals surface area contributed by atoms with E-state index in [1.165, 1.54) is 6.07 Å². The molecule has 1 unspecified atom stereocenters. The molecule has 0 aliphatic carbocycles. The van der Waals surface area contributed by atoms with E-state index in [9.17, 15) is 4.39 Å². The Kier molecular flexibility index (Phi) is 4.10. The van der Waals surface area contributed by atoms with Crippen LogP contribution in [0.4, 0.5) is 4.39 Å². The molecule has 0 spiro atoms. The van der Waals surface area contributed by atoms with Gasteiger partial charge in [-0.3, -0.25) is 0 Å². The molecule has 0 amide bonds. The number of halogens is 1. The Labute approximate surface area is 107 Å². The maximum absolute atomic E-state index is 13.2. The number of nitrogens with one attached hydrogen (secondary N) is 1. The summed E-state index contributed by atoms with van der Waals surface area (Å²) in [4.78, 5) is 4.36. The van der Waals surface area contributed by atoms with Crippen LogP contribution in [0.2, 0.25) is 0 Å². The lowest BCUT2D eigenvalue weighted by molar-refractivity contribution is 0.505. The molecule has 2 aromatic rings. The number of aromatic nitrogens is 2. The summed E-state index contributed by atoms with van der Waals surface area (Å²) in [6, 6.07) is 6.83. The maximum Gasteiger partial charge on any atom is 0.125 e. The molecule has 4 heteroatoms. The Balaban J connectivity index is 2.19. The van der Waals surface area contributed by atoms with Gasteiger partial charge in [-0.15, -0.1) is 0 Å². The number of likely N-dealkylation sites (N-methyl/N-ethyl adjacent to an activating group) is 1. The molecule has 0 bridgehead atoms. The number of nitrogens with zero attached hydrogens (tertiary/aromatic N) is 2. The molecule has 0 aliphatic rings. The predicted molar refractivity (Wildman–Crippen MR) is 69.7 cm³/mol. The molecule has 1 atom stereocenters. The highest BCUT2D eigenvalue weighted by molar-refractivity contribution is 5.19. The quantitative estimate of drug-likeness (QED) is 0.879. The van der Waals surface area contributed by atoms with E-state index < -0.39 is 0 Å². The highest BCUT2D eigenvalue weighted by atomic mass is 19.1. The van der Waals surface area contributed by atoms with Crippen molar-refractivity contribution in [3.63, 3.8) is 0 Å². The minimum Gasteiger partial charge on any atom is -0.337 e.